The Morgan fingerprint density at radius 2 is 2.18 bits per heavy atom. The summed E-state index contributed by atoms with van der Waals surface area (Å²) in [5.74, 6) is -0.0115. The molecule has 1 amide bonds. The second-order valence-electron chi connectivity index (χ2n) is 4.30. The molecule has 1 heterocycles. The molecule has 0 aliphatic carbocycles. The fourth-order valence-electron chi connectivity index (χ4n) is 1.96. The molecule has 0 spiro atoms. The van der Waals surface area contributed by atoms with Crippen LogP contribution in [0.4, 0.5) is 0 Å². The van der Waals surface area contributed by atoms with Gasteiger partial charge in [-0.1, -0.05) is 30.3 Å². The molecule has 1 aliphatic heterocycles. The average Bonchev–Trinajstić information content (AvgIpc) is 2.39. The van der Waals surface area contributed by atoms with Crippen LogP contribution in [0.2, 0.25) is 0 Å². The van der Waals surface area contributed by atoms with Gasteiger partial charge < -0.3 is 10.6 Å². The van der Waals surface area contributed by atoms with E-state index in [0.717, 1.165) is 31.5 Å². The van der Waals surface area contributed by atoms with Crippen molar-refractivity contribution in [2.45, 2.75) is 18.9 Å². The van der Waals surface area contributed by atoms with E-state index in [0.29, 0.717) is 0 Å². The van der Waals surface area contributed by atoms with E-state index < -0.39 is 0 Å². The lowest BCUT2D eigenvalue weighted by molar-refractivity contribution is -0.117. The highest BCUT2D eigenvalue weighted by Crippen LogP contribution is 2.03. The van der Waals surface area contributed by atoms with Gasteiger partial charge in [-0.25, -0.2) is 0 Å². The molecule has 17 heavy (non-hydrogen) atoms. The van der Waals surface area contributed by atoms with E-state index in [9.17, 15) is 4.79 Å². The zero-order chi connectivity index (χ0) is 11.9. The van der Waals surface area contributed by atoms with Gasteiger partial charge >= 0.3 is 0 Å². The summed E-state index contributed by atoms with van der Waals surface area (Å²) in [5.41, 5.74) is 1.05. The Bertz CT molecular complexity index is 380. The average molecular weight is 230 g/mol. The van der Waals surface area contributed by atoms with Crippen molar-refractivity contribution in [1.29, 1.82) is 0 Å². The zero-order valence-corrected chi connectivity index (χ0v) is 9.86. The lowest BCUT2D eigenvalue weighted by atomic mass is 10.1. The molecule has 1 atom stereocenters. The van der Waals surface area contributed by atoms with Crippen LogP contribution in [0, 0.1) is 0 Å². The molecular weight excluding hydrogens is 212 g/mol. The summed E-state index contributed by atoms with van der Waals surface area (Å²) in [4.78, 5) is 11.7. The molecule has 3 heteroatoms. The van der Waals surface area contributed by atoms with Crippen LogP contribution in [0.25, 0.3) is 6.08 Å². The predicted molar refractivity (Wildman–Crippen MR) is 69.5 cm³/mol. The SMILES string of the molecule is O=C(/C=C/c1ccccc1)N[C@H]1CCCNC1. The Balaban J connectivity index is 1.82. The van der Waals surface area contributed by atoms with Gasteiger partial charge in [0.05, 0.1) is 0 Å². The number of carbonyl (C=O) groups excluding carboxylic acids is 1. The third kappa shape index (κ3) is 4.04. The van der Waals surface area contributed by atoms with Gasteiger partial charge in [-0.15, -0.1) is 0 Å². The standard InChI is InChI=1S/C14H18N2O/c17-14(16-13-7-4-10-15-11-13)9-8-12-5-2-1-3-6-12/h1-3,5-6,8-9,13,15H,4,7,10-11H2,(H,16,17)/b9-8+/t13-/m0/s1. The molecule has 2 N–H and O–H groups in total. The second-order valence-corrected chi connectivity index (χ2v) is 4.30. The van der Waals surface area contributed by atoms with Crippen LogP contribution in [0.3, 0.4) is 0 Å². The second kappa shape index (κ2) is 6.21. The van der Waals surface area contributed by atoms with Crippen molar-refractivity contribution in [2.24, 2.45) is 0 Å². The number of hydrogen-bond acceptors (Lipinski definition) is 2. The first-order chi connectivity index (χ1) is 8.34. The number of carbonyl (C=O) groups is 1. The van der Waals surface area contributed by atoms with Crippen molar-refractivity contribution in [2.75, 3.05) is 13.1 Å². The van der Waals surface area contributed by atoms with Gasteiger partial charge in [0.2, 0.25) is 5.91 Å². The van der Waals surface area contributed by atoms with E-state index >= 15 is 0 Å². The summed E-state index contributed by atoms with van der Waals surface area (Å²) < 4.78 is 0. The predicted octanol–water partition coefficient (Wildman–Crippen LogP) is 1.57. The maximum Gasteiger partial charge on any atom is 0.244 e. The molecule has 0 radical (unpaired) electrons. The summed E-state index contributed by atoms with van der Waals surface area (Å²) >= 11 is 0. The number of nitrogens with one attached hydrogen (secondary N) is 2. The molecule has 3 nitrogen and oxygen atoms in total. The Hall–Kier alpha value is -1.61. The molecule has 90 valence electrons. The van der Waals surface area contributed by atoms with Crippen LogP contribution in [0.1, 0.15) is 18.4 Å². The molecule has 0 aromatic heterocycles. The first-order valence-electron chi connectivity index (χ1n) is 6.09. The van der Waals surface area contributed by atoms with Gasteiger partial charge in [0, 0.05) is 18.7 Å². The van der Waals surface area contributed by atoms with Crippen molar-refractivity contribution >= 4 is 12.0 Å². The molecule has 0 bridgehead atoms. The zero-order valence-electron chi connectivity index (χ0n) is 9.86. The van der Waals surface area contributed by atoms with Gasteiger partial charge in [0.15, 0.2) is 0 Å². The molecule has 1 aliphatic rings. The van der Waals surface area contributed by atoms with E-state index in [1.54, 1.807) is 6.08 Å². The van der Waals surface area contributed by atoms with Crippen molar-refractivity contribution in [3.63, 3.8) is 0 Å². The van der Waals surface area contributed by atoms with Crippen LogP contribution in [-0.2, 0) is 4.79 Å². The molecule has 2 rings (SSSR count). The minimum Gasteiger partial charge on any atom is -0.349 e. The number of hydrogen-bond donors (Lipinski definition) is 2. The number of piperidine rings is 1. The summed E-state index contributed by atoms with van der Waals surface area (Å²) in [6.07, 6.45) is 5.64. The molecule has 1 aromatic carbocycles. The maximum absolute atomic E-state index is 11.7. The first kappa shape index (κ1) is 11.9. The third-order valence-corrected chi connectivity index (χ3v) is 2.87. The number of rotatable bonds is 3. The van der Waals surface area contributed by atoms with Crippen molar-refractivity contribution in [3.8, 4) is 0 Å². The van der Waals surface area contributed by atoms with E-state index in [4.69, 9.17) is 0 Å². The minimum atomic E-state index is -0.0115. The summed E-state index contributed by atoms with van der Waals surface area (Å²) in [6.45, 7) is 1.94. The van der Waals surface area contributed by atoms with Crippen molar-refractivity contribution in [1.82, 2.24) is 10.6 Å². The Morgan fingerprint density at radius 1 is 1.35 bits per heavy atom. The maximum atomic E-state index is 11.7. The molecule has 1 saturated heterocycles. The summed E-state index contributed by atoms with van der Waals surface area (Å²) in [6, 6.07) is 10.1. The fraction of sp³-hybridized carbons (Fsp3) is 0.357. The van der Waals surface area contributed by atoms with Crippen molar-refractivity contribution < 1.29 is 4.79 Å². The monoisotopic (exact) mass is 230 g/mol. The van der Waals surface area contributed by atoms with Gasteiger partial charge in [-0.2, -0.15) is 0 Å². The fourth-order valence-corrected chi connectivity index (χ4v) is 1.96. The Kier molecular flexibility index (Phi) is 4.33. The Labute approximate surface area is 102 Å². The normalized spacial score (nSPS) is 20.4. The van der Waals surface area contributed by atoms with Gasteiger partial charge in [-0.05, 0) is 31.0 Å². The lowest BCUT2D eigenvalue weighted by Gasteiger charge is -2.23. The highest BCUT2D eigenvalue weighted by molar-refractivity contribution is 5.91. The number of benzene rings is 1. The summed E-state index contributed by atoms with van der Waals surface area (Å²) in [7, 11) is 0. The van der Waals surface area contributed by atoms with E-state index in [-0.39, 0.29) is 11.9 Å². The molecule has 0 unspecified atom stereocenters. The quantitative estimate of drug-likeness (QED) is 0.774. The smallest absolute Gasteiger partial charge is 0.244 e. The number of amides is 1. The van der Waals surface area contributed by atoms with Crippen LogP contribution >= 0.6 is 0 Å². The Morgan fingerprint density at radius 3 is 2.88 bits per heavy atom. The molecule has 1 aromatic rings. The lowest BCUT2D eigenvalue weighted by Crippen LogP contribution is -2.45. The summed E-state index contributed by atoms with van der Waals surface area (Å²) in [5, 5.41) is 6.28. The molecule has 1 fully saturated rings. The highest BCUT2D eigenvalue weighted by atomic mass is 16.1. The highest BCUT2D eigenvalue weighted by Gasteiger charge is 2.13. The topological polar surface area (TPSA) is 41.1 Å². The van der Waals surface area contributed by atoms with E-state index in [1.165, 1.54) is 0 Å². The molecule has 0 saturated carbocycles. The first-order valence-corrected chi connectivity index (χ1v) is 6.09. The van der Waals surface area contributed by atoms with Crippen LogP contribution in [-0.4, -0.2) is 25.0 Å². The van der Waals surface area contributed by atoms with Gasteiger partial charge in [0.1, 0.15) is 0 Å². The van der Waals surface area contributed by atoms with Crippen molar-refractivity contribution in [3.05, 3.63) is 42.0 Å². The third-order valence-electron chi connectivity index (χ3n) is 2.87. The molecular formula is C14H18N2O. The van der Waals surface area contributed by atoms with Gasteiger partial charge in [-0.3, -0.25) is 4.79 Å². The van der Waals surface area contributed by atoms with E-state index in [2.05, 4.69) is 10.6 Å². The van der Waals surface area contributed by atoms with Gasteiger partial charge in [0.25, 0.3) is 0 Å². The van der Waals surface area contributed by atoms with E-state index in [1.807, 2.05) is 36.4 Å². The van der Waals surface area contributed by atoms with Crippen LogP contribution in [0.5, 0.6) is 0 Å². The van der Waals surface area contributed by atoms with Crippen LogP contribution < -0.4 is 10.6 Å². The largest absolute Gasteiger partial charge is 0.349 e. The minimum absolute atomic E-state index is 0.0115. The van der Waals surface area contributed by atoms with Crippen LogP contribution in [0.15, 0.2) is 36.4 Å².